The highest BCUT2D eigenvalue weighted by atomic mass is 16.6. The fraction of sp³-hybridized carbons (Fsp3) is 0.136. The maximum Gasteiger partial charge on any atom is 0.273 e. The van der Waals surface area contributed by atoms with E-state index in [-0.39, 0.29) is 17.0 Å². The second-order valence-electron chi connectivity index (χ2n) is 6.09. The Hall–Kier alpha value is -3.47. The number of benzene rings is 3. The van der Waals surface area contributed by atoms with Gasteiger partial charge in [0.25, 0.3) is 5.69 Å². The van der Waals surface area contributed by atoms with Crippen LogP contribution in [0.25, 0.3) is 16.8 Å². The normalized spacial score (nSPS) is 11.0. The van der Waals surface area contributed by atoms with Gasteiger partial charge in [0.2, 0.25) is 0 Å². The number of nitro groups is 1. The van der Waals surface area contributed by atoms with Crippen LogP contribution in [0.3, 0.4) is 0 Å². The van der Waals surface area contributed by atoms with E-state index in [0.717, 1.165) is 16.3 Å². The summed E-state index contributed by atoms with van der Waals surface area (Å²) in [5.41, 5.74) is 1.55. The lowest BCUT2D eigenvalue weighted by Gasteiger charge is -2.10. The van der Waals surface area contributed by atoms with E-state index < -0.39 is 4.92 Å². The molecule has 0 N–H and O–H groups in total. The van der Waals surface area contributed by atoms with Gasteiger partial charge >= 0.3 is 0 Å². The van der Waals surface area contributed by atoms with Crippen LogP contribution in [0.2, 0.25) is 0 Å². The number of rotatable bonds is 6. The highest BCUT2D eigenvalue weighted by Gasteiger charge is 2.14. The van der Waals surface area contributed by atoms with E-state index in [1.165, 1.54) is 12.1 Å². The summed E-state index contributed by atoms with van der Waals surface area (Å²) < 4.78 is 5.70. The summed E-state index contributed by atoms with van der Waals surface area (Å²) in [7, 11) is 0. The molecule has 0 aromatic heterocycles. The van der Waals surface area contributed by atoms with Crippen LogP contribution >= 0.6 is 0 Å². The van der Waals surface area contributed by atoms with Gasteiger partial charge in [0.1, 0.15) is 5.75 Å². The molecule has 5 heteroatoms. The summed E-state index contributed by atoms with van der Waals surface area (Å²) in [5, 5.41) is 13.1. The number of carbonyl (C=O) groups is 1. The Morgan fingerprint density at radius 2 is 1.93 bits per heavy atom. The zero-order valence-electron chi connectivity index (χ0n) is 15.1. The summed E-state index contributed by atoms with van der Waals surface area (Å²) in [6.45, 7) is 4.06. The Morgan fingerprint density at radius 1 is 1.15 bits per heavy atom. The fourth-order valence-corrected chi connectivity index (χ4v) is 2.94. The molecule has 3 aromatic carbocycles. The van der Waals surface area contributed by atoms with Gasteiger partial charge in [-0.1, -0.05) is 42.5 Å². The van der Waals surface area contributed by atoms with Crippen molar-refractivity contribution in [2.75, 3.05) is 6.61 Å². The second kappa shape index (κ2) is 7.83. The van der Waals surface area contributed by atoms with Crippen molar-refractivity contribution in [3.63, 3.8) is 0 Å². The summed E-state index contributed by atoms with van der Waals surface area (Å²) in [6.07, 6.45) is 3.14. The molecule has 0 saturated heterocycles. The lowest BCUT2D eigenvalue weighted by Crippen LogP contribution is -1.99. The molecule has 0 fully saturated rings. The van der Waals surface area contributed by atoms with Crippen LogP contribution in [0, 0.1) is 17.0 Å². The molecule has 3 aromatic rings. The zero-order valence-corrected chi connectivity index (χ0v) is 15.1. The topological polar surface area (TPSA) is 69.4 Å². The van der Waals surface area contributed by atoms with Gasteiger partial charge in [-0.2, -0.15) is 0 Å². The molecule has 0 spiro atoms. The van der Waals surface area contributed by atoms with Gasteiger partial charge in [0.15, 0.2) is 5.78 Å². The maximum atomic E-state index is 12.6. The van der Waals surface area contributed by atoms with E-state index in [2.05, 4.69) is 0 Å². The third kappa shape index (κ3) is 3.87. The minimum Gasteiger partial charge on any atom is -0.493 e. The molecule has 5 nitrogen and oxygen atoms in total. The van der Waals surface area contributed by atoms with E-state index >= 15 is 0 Å². The van der Waals surface area contributed by atoms with Crippen LogP contribution in [0.4, 0.5) is 5.69 Å². The first-order valence-electron chi connectivity index (χ1n) is 8.63. The smallest absolute Gasteiger partial charge is 0.273 e. The van der Waals surface area contributed by atoms with E-state index in [1.54, 1.807) is 25.1 Å². The van der Waals surface area contributed by atoms with E-state index in [4.69, 9.17) is 4.74 Å². The predicted octanol–water partition coefficient (Wildman–Crippen LogP) is 5.35. The number of fused-ring (bicyclic) bond motifs is 1. The molecule has 0 heterocycles. The van der Waals surface area contributed by atoms with Gasteiger partial charge < -0.3 is 4.74 Å². The van der Waals surface area contributed by atoms with Crippen LogP contribution in [-0.4, -0.2) is 17.3 Å². The number of aryl methyl sites for hydroxylation is 1. The molecule has 0 aliphatic heterocycles. The Bertz CT molecular complexity index is 1050. The van der Waals surface area contributed by atoms with E-state index in [1.807, 2.05) is 43.3 Å². The van der Waals surface area contributed by atoms with Crippen molar-refractivity contribution in [3.8, 4) is 5.75 Å². The molecule has 0 saturated carbocycles. The van der Waals surface area contributed by atoms with Crippen molar-refractivity contribution < 1.29 is 14.5 Å². The van der Waals surface area contributed by atoms with Crippen molar-refractivity contribution in [2.24, 2.45) is 0 Å². The molecule has 0 aliphatic rings. The maximum absolute atomic E-state index is 12.6. The highest BCUT2D eigenvalue weighted by Crippen LogP contribution is 2.29. The summed E-state index contributed by atoms with van der Waals surface area (Å²) in [5.74, 6) is 0.392. The largest absolute Gasteiger partial charge is 0.493 e. The van der Waals surface area contributed by atoms with Crippen molar-refractivity contribution in [1.82, 2.24) is 0 Å². The third-order valence-electron chi connectivity index (χ3n) is 4.32. The Kier molecular flexibility index (Phi) is 5.31. The van der Waals surface area contributed by atoms with Crippen LogP contribution in [0.1, 0.15) is 28.4 Å². The number of nitro benzene ring substituents is 1. The molecule has 0 amide bonds. The second-order valence-corrected chi connectivity index (χ2v) is 6.09. The summed E-state index contributed by atoms with van der Waals surface area (Å²) in [4.78, 5) is 23.2. The molecular weight excluding hydrogens is 342 g/mol. The van der Waals surface area contributed by atoms with Crippen molar-refractivity contribution in [3.05, 3.63) is 87.5 Å². The molecule has 136 valence electrons. The van der Waals surface area contributed by atoms with Crippen molar-refractivity contribution in [2.45, 2.75) is 13.8 Å². The van der Waals surface area contributed by atoms with Gasteiger partial charge in [-0.05, 0) is 42.8 Å². The predicted molar refractivity (Wildman–Crippen MR) is 106 cm³/mol. The first kappa shape index (κ1) is 18.3. The molecule has 0 bridgehead atoms. The zero-order chi connectivity index (χ0) is 19.4. The molecular formula is C22H19NO4. The van der Waals surface area contributed by atoms with Crippen molar-refractivity contribution >= 4 is 28.3 Å². The minimum atomic E-state index is -0.478. The van der Waals surface area contributed by atoms with Gasteiger partial charge in [-0.15, -0.1) is 0 Å². The SMILES string of the molecule is CCOc1ccc2ccccc2c1/C=C/C(=O)c1ccc(C)c([N+](=O)[O-])c1. The number of ether oxygens (including phenoxy) is 1. The van der Waals surface area contributed by atoms with Crippen LogP contribution in [0.15, 0.2) is 60.7 Å². The number of hydrogen-bond acceptors (Lipinski definition) is 4. The Labute approximate surface area is 157 Å². The number of nitrogens with zero attached hydrogens (tertiary/aromatic N) is 1. The Balaban J connectivity index is 2.00. The molecule has 0 atom stereocenters. The first-order chi connectivity index (χ1) is 13.0. The van der Waals surface area contributed by atoms with Gasteiger partial charge in [0, 0.05) is 22.8 Å². The fourth-order valence-electron chi connectivity index (χ4n) is 2.94. The average Bonchev–Trinajstić information content (AvgIpc) is 2.67. The van der Waals surface area contributed by atoms with E-state index in [0.29, 0.717) is 17.9 Å². The molecule has 0 aliphatic carbocycles. The van der Waals surface area contributed by atoms with Crippen LogP contribution in [0.5, 0.6) is 5.75 Å². The lowest BCUT2D eigenvalue weighted by atomic mass is 10.0. The van der Waals surface area contributed by atoms with E-state index in [9.17, 15) is 14.9 Å². The quantitative estimate of drug-likeness (QED) is 0.257. The minimum absolute atomic E-state index is 0.0607. The lowest BCUT2D eigenvalue weighted by molar-refractivity contribution is -0.385. The average molecular weight is 361 g/mol. The molecule has 3 rings (SSSR count). The summed E-state index contributed by atoms with van der Waals surface area (Å²) >= 11 is 0. The third-order valence-corrected chi connectivity index (χ3v) is 4.32. The van der Waals surface area contributed by atoms with Gasteiger partial charge in [-0.25, -0.2) is 0 Å². The van der Waals surface area contributed by atoms with Crippen LogP contribution < -0.4 is 4.74 Å². The molecule has 27 heavy (non-hydrogen) atoms. The molecule has 0 radical (unpaired) electrons. The highest BCUT2D eigenvalue weighted by molar-refractivity contribution is 6.08. The van der Waals surface area contributed by atoms with Gasteiger partial charge in [-0.3, -0.25) is 14.9 Å². The Morgan fingerprint density at radius 3 is 2.67 bits per heavy atom. The number of ketones is 1. The molecule has 0 unspecified atom stereocenters. The van der Waals surface area contributed by atoms with Crippen molar-refractivity contribution in [1.29, 1.82) is 0 Å². The number of carbonyl (C=O) groups excluding carboxylic acids is 1. The number of hydrogen-bond donors (Lipinski definition) is 0. The first-order valence-corrected chi connectivity index (χ1v) is 8.63. The summed E-state index contributed by atoms with van der Waals surface area (Å²) in [6, 6.07) is 16.2. The van der Waals surface area contributed by atoms with Gasteiger partial charge in [0.05, 0.1) is 11.5 Å². The number of allylic oxidation sites excluding steroid dienone is 1. The monoisotopic (exact) mass is 361 g/mol. The standard InChI is InChI=1S/C22H19NO4/c1-3-27-22-13-10-16-6-4-5-7-18(16)19(22)11-12-21(24)17-9-8-15(2)20(14-17)23(25)26/h4-14H,3H2,1-2H3/b12-11+. The van der Waals surface area contributed by atoms with Crippen LogP contribution in [-0.2, 0) is 0 Å².